The zero-order valence-corrected chi connectivity index (χ0v) is 12.5. The third kappa shape index (κ3) is 3.46. The number of nitrogens with one attached hydrogen (secondary N) is 1. The van der Waals surface area contributed by atoms with Gasteiger partial charge in [-0.3, -0.25) is 0 Å². The molecule has 1 aromatic carbocycles. The van der Waals surface area contributed by atoms with E-state index in [1.54, 1.807) is 0 Å². The van der Waals surface area contributed by atoms with E-state index in [4.69, 9.17) is 10.5 Å². The van der Waals surface area contributed by atoms with Crippen LogP contribution in [0.2, 0.25) is 0 Å². The summed E-state index contributed by atoms with van der Waals surface area (Å²) in [5.74, 6) is 0. The van der Waals surface area contributed by atoms with Crippen molar-refractivity contribution in [3.63, 3.8) is 0 Å². The van der Waals surface area contributed by atoms with Gasteiger partial charge in [0.05, 0.1) is 18.2 Å². The van der Waals surface area contributed by atoms with Crippen LogP contribution in [-0.2, 0) is 4.74 Å². The quantitative estimate of drug-likeness (QED) is 0.898. The topological polar surface area (TPSA) is 47.3 Å². The highest BCUT2D eigenvalue weighted by Gasteiger charge is 2.28. The highest BCUT2D eigenvalue weighted by molar-refractivity contribution is 9.10. The van der Waals surface area contributed by atoms with Crippen molar-refractivity contribution in [3.05, 3.63) is 28.2 Å². The molecule has 3 N–H and O–H groups in total. The zero-order chi connectivity index (χ0) is 13.1. The molecule has 18 heavy (non-hydrogen) atoms. The Hall–Kier alpha value is -0.580. The SMILES string of the molecule is Cc1cc(Br)cc(NC(CN)C2CCC(C)O2)c1. The summed E-state index contributed by atoms with van der Waals surface area (Å²) in [4.78, 5) is 0. The lowest BCUT2D eigenvalue weighted by Crippen LogP contribution is -2.40. The molecular weight excluding hydrogens is 292 g/mol. The molecule has 0 aromatic heterocycles. The highest BCUT2D eigenvalue weighted by Crippen LogP contribution is 2.25. The van der Waals surface area contributed by atoms with Crippen molar-refractivity contribution < 1.29 is 4.74 Å². The number of hydrogen-bond acceptors (Lipinski definition) is 3. The summed E-state index contributed by atoms with van der Waals surface area (Å²) >= 11 is 3.52. The Morgan fingerprint density at radius 3 is 2.78 bits per heavy atom. The van der Waals surface area contributed by atoms with Crippen LogP contribution in [0.1, 0.15) is 25.3 Å². The molecule has 0 saturated carbocycles. The summed E-state index contributed by atoms with van der Waals surface area (Å²) < 4.78 is 6.98. The van der Waals surface area contributed by atoms with Gasteiger partial charge >= 0.3 is 0 Å². The normalized spacial score (nSPS) is 25.1. The van der Waals surface area contributed by atoms with E-state index < -0.39 is 0 Å². The fraction of sp³-hybridized carbons (Fsp3) is 0.571. The molecule has 3 unspecified atom stereocenters. The lowest BCUT2D eigenvalue weighted by molar-refractivity contribution is 0.0460. The molecule has 100 valence electrons. The Morgan fingerprint density at radius 1 is 1.44 bits per heavy atom. The van der Waals surface area contributed by atoms with Crippen molar-refractivity contribution in [1.82, 2.24) is 0 Å². The van der Waals surface area contributed by atoms with Crippen molar-refractivity contribution in [3.8, 4) is 0 Å². The largest absolute Gasteiger partial charge is 0.378 e. The van der Waals surface area contributed by atoms with E-state index in [0.717, 1.165) is 23.0 Å². The molecule has 1 aromatic rings. The van der Waals surface area contributed by atoms with Gasteiger partial charge in [-0.2, -0.15) is 0 Å². The van der Waals surface area contributed by atoms with E-state index in [0.29, 0.717) is 12.6 Å². The molecule has 2 rings (SSSR count). The molecule has 0 spiro atoms. The highest BCUT2D eigenvalue weighted by atomic mass is 79.9. The molecule has 1 fully saturated rings. The second-order valence-electron chi connectivity index (χ2n) is 5.07. The van der Waals surface area contributed by atoms with E-state index in [1.807, 2.05) is 0 Å². The second-order valence-corrected chi connectivity index (χ2v) is 5.98. The van der Waals surface area contributed by atoms with E-state index in [1.165, 1.54) is 5.56 Å². The van der Waals surface area contributed by atoms with E-state index in [-0.39, 0.29) is 12.1 Å². The van der Waals surface area contributed by atoms with Crippen LogP contribution >= 0.6 is 15.9 Å². The van der Waals surface area contributed by atoms with Crippen molar-refractivity contribution in [2.24, 2.45) is 5.73 Å². The second kappa shape index (κ2) is 6.04. The molecular formula is C14H21BrN2O. The number of benzene rings is 1. The minimum atomic E-state index is 0.184. The third-order valence-corrected chi connectivity index (χ3v) is 3.82. The summed E-state index contributed by atoms with van der Waals surface area (Å²) in [6.45, 7) is 4.79. The Bertz CT molecular complexity index is 391. The first-order chi connectivity index (χ1) is 8.58. The molecule has 1 saturated heterocycles. The predicted octanol–water partition coefficient (Wildman–Crippen LogP) is 3.06. The average molecular weight is 313 g/mol. The van der Waals surface area contributed by atoms with Crippen molar-refractivity contribution in [2.75, 3.05) is 11.9 Å². The smallest absolute Gasteiger partial charge is 0.0792 e. The summed E-state index contributed by atoms with van der Waals surface area (Å²) in [5.41, 5.74) is 8.19. The maximum absolute atomic E-state index is 5.89. The van der Waals surface area contributed by atoms with Gasteiger partial charge in [0.1, 0.15) is 0 Å². The number of nitrogens with two attached hydrogens (primary N) is 1. The molecule has 1 aliphatic rings. The van der Waals surface area contributed by atoms with Crippen LogP contribution in [0.4, 0.5) is 5.69 Å². The molecule has 1 aliphatic heterocycles. The van der Waals surface area contributed by atoms with Crippen molar-refractivity contribution in [2.45, 2.75) is 44.9 Å². The first-order valence-electron chi connectivity index (χ1n) is 6.47. The van der Waals surface area contributed by atoms with Crippen LogP contribution in [0.3, 0.4) is 0 Å². The first kappa shape index (κ1) is 13.8. The molecule has 0 bridgehead atoms. The lowest BCUT2D eigenvalue weighted by Gasteiger charge is -2.24. The van der Waals surface area contributed by atoms with Gasteiger partial charge in [-0.25, -0.2) is 0 Å². The van der Waals surface area contributed by atoms with Crippen LogP contribution in [-0.4, -0.2) is 24.8 Å². The number of hydrogen-bond donors (Lipinski definition) is 2. The van der Waals surface area contributed by atoms with Crippen LogP contribution in [0.25, 0.3) is 0 Å². The summed E-state index contributed by atoms with van der Waals surface area (Å²) in [6, 6.07) is 6.49. The van der Waals surface area contributed by atoms with Gasteiger partial charge in [0.25, 0.3) is 0 Å². The van der Waals surface area contributed by atoms with Gasteiger partial charge in [0, 0.05) is 16.7 Å². The van der Waals surface area contributed by atoms with Crippen LogP contribution in [0, 0.1) is 6.92 Å². The zero-order valence-electron chi connectivity index (χ0n) is 10.9. The van der Waals surface area contributed by atoms with Gasteiger partial charge in [0.15, 0.2) is 0 Å². The van der Waals surface area contributed by atoms with Crippen molar-refractivity contribution >= 4 is 21.6 Å². The molecule has 4 heteroatoms. The molecule has 3 atom stereocenters. The maximum Gasteiger partial charge on any atom is 0.0792 e. The molecule has 0 radical (unpaired) electrons. The summed E-state index contributed by atoms with van der Waals surface area (Å²) in [5, 5.41) is 3.49. The van der Waals surface area contributed by atoms with Crippen LogP contribution in [0.5, 0.6) is 0 Å². The molecule has 0 amide bonds. The molecule has 1 heterocycles. The van der Waals surface area contributed by atoms with Crippen LogP contribution in [0.15, 0.2) is 22.7 Å². The van der Waals surface area contributed by atoms with Gasteiger partial charge in [0.2, 0.25) is 0 Å². The maximum atomic E-state index is 5.89. The van der Waals surface area contributed by atoms with Gasteiger partial charge in [-0.1, -0.05) is 15.9 Å². The van der Waals surface area contributed by atoms with Gasteiger partial charge < -0.3 is 15.8 Å². The van der Waals surface area contributed by atoms with Crippen molar-refractivity contribution in [1.29, 1.82) is 0 Å². The average Bonchev–Trinajstić information content (AvgIpc) is 2.71. The standard InChI is InChI=1S/C14H21BrN2O/c1-9-5-11(15)7-12(6-9)17-13(8-16)14-4-3-10(2)18-14/h5-7,10,13-14,17H,3-4,8,16H2,1-2H3. The van der Waals surface area contributed by atoms with Gasteiger partial charge in [-0.15, -0.1) is 0 Å². The van der Waals surface area contributed by atoms with Gasteiger partial charge in [-0.05, 0) is 50.5 Å². The number of anilines is 1. The Labute approximate surface area is 117 Å². The number of rotatable bonds is 4. The van der Waals surface area contributed by atoms with E-state index >= 15 is 0 Å². The number of ether oxygens (including phenoxy) is 1. The minimum Gasteiger partial charge on any atom is -0.378 e. The monoisotopic (exact) mass is 312 g/mol. The predicted molar refractivity (Wildman–Crippen MR) is 78.9 cm³/mol. The molecule has 0 aliphatic carbocycles. The summed E-state index contributed by atoms with van der Waals surface area (Å²) in [6.07, 6.45) is 2.79. The Balaban J connectivity index is 2.05. The first-order valence-corrected chi connectivity index (χ1v) is 7.27. The summed E-state index contributed by atoms with van der Waals surface area (Å²) in [7, 11) is 0. The van der Waals surface area contributed by atoms with Crippen LogP contribution < -0.4 is 11.1 Å². The number of halogens is 1. The van der Waals surface area contributed by atoms with E-state index in [9.17, 15) is 0 Å². The van der Waals surface area contributed by atoms with E-state index in [2.05, 4.69) is 53.3 Å². The number of aryl methyl sites for hydroxylation is 1. The molecule has 3 nitrogen and oxygen atoms in total. The lowest BCUT2D eigenvalue weighted by atomic mass is 10.1. The third-order valence-electron chi connectivity index (χ3n) is 3.36. The fourth-order valence-corrected chi connectivity index (χ4v) is 3.07. The fourth-order valence-electron chi connectivity index (χ4n) is 2.47. The Kier molecular flexibility index (Phi) is 4.65. The minimum absolute atomic E-state index is 0.184. The Morgan fingerprint density at radius 2 is 2.22 bits per heavy atom.